The molecule has 2 aromatic heterocycles. The van der Waals surface area contributed by atoms with Crippen LogP contribution in [0.15, 0.2) is 18.7 Å². The molecule has 3 heterocycles. The van der Waals surface area contributed by atoms with Gasteiger partial charge >= 0.3 is 6.03 Å². The highest BCUT2D eigenvalue weighted by molar-refractivity contribution is 5.77. The number of imidazole rings is 1. The Labute approximate surface area is 169 Å². The Morgan fingerprint density at radius 1 is 0.931 bits per heavy atom. The molecule has 1 amide bonds. The Balaban J connectivity index is 1.25. The summed E-state index contributed by atoms with van der Waals surface area (Å²) in [7, 11) is 0. The topological polar surface area (TPSA) is 104 Å². The van der Waals surface area contributed by atoms with Crippen LogP contribution in [0.1, 0.15) is 25.7 Å². The van der Waals surface area contributed by atoms with Crippen molar-refractivity contribution in [2.75, 3.05) is 54.8 Å². The predicted octanol–water partition coefficient (Wildman–Crippen LogP) is 1.50. The van der Waals surface area contributed by atoms with E-state index in [2.05, 4.69) is 35.5 Å². The van der Waals surface area contributed by atoms with Crippen LogP contribution in [-0.4, -0.2) is 74.7 Å². The molecule has 154 valence electrons. The van der Waals surface area contributed by atoms with Crippen molar-refractivity contribution in [1.29, 1.82) is 0 Å². The third kappa shape index (κ3) is 4.57. The van der Waals surface area contributed by atoms with E-state index < -0.39 is 0 Å². The van der Waals surface area contributed by atoms with Crippen LogP contribution in [0, 0.1) is 11.8 Å². The van der Waals surface area contributed by atoms with Crippen molar-refractivity contribution in [3.8, 4) is 0 Å². The van der Waals surface area contributed by atoms with Crippen molar-refractivity contribution in [2.45, 2.75) is 25.7 Å². The molecule has 0 unspecified atom stereocenters. The van der Waals surface area contributed by atoms with Crippen LogP contribution in [-0.2, 0) is 0 Å². The molecule has 0 aromatic carbocycles. The molecule has 2 N–H and O–H groups in total. The molecule has 0 atom stereocenters. The number of hydrogen-bond acceptors (Lipinski definition) is 8. The number of nitrogens with one attached hydrogen (secondary N) is 2. The highest BCUT2D eigenvalue weighted by Gasteiger charge is 2.26. The molecule has 2 saturated carbocycles. The number of nitrogens with zero attached hydrogens (tertiary/aromatic N) is 7. The van der Waals surface area contributed by atoms with Crippen LogP contribution in [0.2, 0.25) is 0 Å². The Morgan fingerprint density at radius 2 is 1.55 bits per heavy atom. The monoisotopic (exact) mass is 397 g/mol. The number of carbonyl (C=O) groups excluding carboxylic acids is 1. The normalized spacial score (nSPS) is 19.3. The maximum atomic E-state index is 12.5. The van der Waals surface area contributed by atoms with Gasteiger partial charge in [0.15, 0.2) is 0 Å². The average molecular weight is 397 g/mol. The SMILES string of the molecule is O=C(N1CCN(c2nc(NCC3CC3)nc(NCC3CC3)n2)CC1)n1ccnc1. The van der Waals surface area contributed by atoms with Gasteiger partial charge in [-0.2, -0.15) is 15.0 Å². The maximum Gasteiger partial charge on any atom is 0.329 e. The largest absolute Gasteiger partial charge is 0.354 e. The van der Waals surface area contributed by atoms with Gasteiger partial charge in [0.25, 0.3) is 0 Å². The second-order valence-corrected chi connectivity index (χ2v) is 8.16. The first-order valence-corrected chi connectivity index (χ1v) is 10.5. The number of piperazine rings is 1. The van der Waals surface area contributed by atoms with E-state index in [0.29, 0.717) is 44.0 Å². The molecule has 2 aliphatic carbocycles. The number of aromatic nitrogens is 5. The van der Waals surface area contributed by atoms with Crippen LogP contribution >= 0.6 is 0 Å². The molecule has 2 aromatic rings. The highest BCUT2D eigenvalue weighted by atomic mass is 16.2. The van der Waals surface area contributed by atoms with Crippen molar-refractivity contribution in [3.05, 3.63) is 18.7 Å². The summed E-state index contributed by atoms with van der Waals surface area (Å²) in [6.07, 6.45) is 9.96. The summed E-state index contributed by atoms with van der Waals surface area (Å²) in [4.78, 5) is 34.3. The fraction of sp³-hybridized carbons (Fsp3) is 0.632. The molecule has 0 bridgehead atoms. The van der Waals surface area contributed by atoms with Gasteiger partial charge < -0.3 is 20.4 Å². The minimum Gasteiger partial charge on any atom is -0.354 e. The quantitative estimate of drug-likeness (QED) is 0.724. The van der Waals surface area contributed by atoms with Crippen molar-refractivity contribution in [3.63, 3.8) is 0 Å². The molecule has 3 aliphatic rings. The number of amides is 1. The minimum absolute atomic E-state index is 0.0450. The van der Waals surface area contributed by atoms with Gasteiger partial charge in [-0.1, -0.05) is 0 Å². The van der Waals surface area contributed by atoms with E-state index in [9.17, 15) is 4.79 Å². The second-order valence-electron chi connectivity index (χ2n) is 8.16. The molecule has 0 radical (unpaired) electrons. The summed E-state index contributed by atoms with van der Waals surface area (Å²) in [6, 6.07) is -0.0450. The van der Waals surface area contributed by atoms with E-state index in [4.69, 9.17) is 0 Å². The molecule has 10 heteroatoms. The highest BCUT2D eigenvalue weighted by Crippen LogP contribution is 2.30. The smallest absolute Gasteiger partial charge is 0.329 e. The molecule has 1 saturated heterocycles. The molecular formula is C19H27N9O. The summed E-state index contributed by atoms with van der Waals surface area (Å²) in [5.74, 6) is 3.44. The zero-order valence-electron chi connectivity index (χ0n) is 16.5. The van der Waals surface area contributed by atoms with E-state index in [1.165, 1.54) is 36.6 Å². The van der Waals surface area contributed by atoms with E-state index in [-0.39, 0.29) is 6.03 Å². The van der Waals surface area contributed by atoms with Crippen LogP contribution in [0.5, 0.6) is 0 Å². The van der Waals surface area contributed by atoms with Crippen LogP contribution in [0.3, 0.4) is 0 Å². The standard InChI is InChI=1S/C19H27N9O/c29-19(28-6-5-20-13-28)27-9-7-26(8-10-27)18-24-16(21-11-14-1-2-14)23-17(25-18)22-12-15-3-4-15/h5-6,13-15H,1-4,7-12H2,(H2,21,22,23,24,25). The van der Waals surface area contributed by atoms with Gasteiger partial charge in [0.05, 0.1) is 0 Å². The van der Waals surface area contributed by atoms with E-state index in [1.54, 1.807) is 12.4 Å². The minimum atomic E-state index is -0.0450. The van der Waals surface area contributed by atoms with Gasteiger partial charge in [-0.05, 0) is 37.5 Å². The first-order chi connectivity index (χ1) is 14.2. The van der Waals surface area contributed by atoms with Gasteiger partial charge in [-0.3, -0.25) is 4.57 Å². The van der Waals surface area contributed by atoms with Gasteiger partial charge in [-0.15, -0.1) is 0 Å². The van der Waals surface area contributed by atoms with Crippen molar-refractivity contribution in [1.82, 2.24) is 29.4 Å². The number of rotatable bonds is 7. The van der Waals surface area contributed by atoms with Gasteiger partial charge in [-0.25, -0.2) is 9.78 Å². The lowest BCUT2D eigenvalue weighted by Crippen LogP contribution is -2.50. The number of hydrogen-bond donors (Lipinski definition) is 2. The molecule has 0 spiro atoms. The van der Waals surface area contributed by atoms with Crippen LogP contribution in [0.25, 0.3) is 0 Å². The van der Waals surface area contributed by atoms with Gasteiger partial charge in [0.1, 0.15) is 6.33 Å². The fourth-order valence-corrected chi connectivity index (χ4v) is 3.41. The number of anilines is 3. The summed E-state index contributed by atoms with van der Waals surface area (Å²) in [6.45, 7) is 4.46. The maximum absolute atomic E-state index is 12.5. The van der Waals surface area contributed by atoms with Gasteiger partial charge in [0, 0.05) is 51.7 Å². The molecule has 5 rings (SSSR count). The zero-order valence-corrected chi connectivity index (χ0v) is 16.5. The summed E-state index contributed by atoms with van der Waals surface area (Å²) < 4.78 is 1.51. The van der Waals surface area contributed by atoms with E-state index >= 15 is 0 Å². The second kappa shape index (κ2) is 7.84. The van der Waals surface area contributed by atoms with E-state index in [0.717, 1.165) is 24.9 Å². The average Bonchev–Trinajstić information content (AvgIpc) is 3.69. The third-order valence-corrected chi connectivity index (χ3v) is 5.67. The zero-order chi connectivity index (χ0) is 19.6. The molecule has 29 heavy (non-hydrogen) atoms. The molecule has 10 nitrogen and oxygen atoms in total. The summed E-state index contributed by atoms with van der Waals surface area (Å²) in [5.41, 5.74) is 0. The number of carbonyl (C=O) groups is 1. The first kappa shape index (κ1) is 18.1. The summed E-state index contributed by atoms with van der Waals surface area (Å²) >= 11 is 0. The Kier molecular flexibility index (Phi) is 4.91. The Morgan fingerprint density at radius 3 is 2.07 bits per heavy atom. The molecular weight excluding hydrogens is 370 g/mol. The third-order valence-electron chi connectivity index (χ3n) is 5.67. The van der Waals surface area contributed by atoms with Gasteiger partial charge in [0.2, 0.25) is 17.8 Å². The summed E-state index contributed by atoms with van der Waals surface area (Å²) in [5, 5.41) is 6.74. The lowest BCUT2D eigenvalue weighted by Gasteiger charge is -2.34. The van der Waals surface area contributed by atoms with Crippen molar-refractivity contribution >= 4 is 23.9 Å². The van der Waals surface area contributed by atoms with Crippen molar-refractivity contribution in [2.24, 2.45) is 11.8 Å². The van der Waals surface area contributed by atoms with E-state index in [1.807, 2.05) is 4.90 Å². The van der Waals surface area contributed by atoms with Crippen LogP contribution in [0.4, 0.5) is 22.6 Å². The first-order valence-electron chi connectivity index (χ1n) is 10.5. The Hall–Kier alpha value is -2.91. The predicted molar refractivity (Wildman–Crippen MR) is 109 cm³/mol. The molecule has 1 aliphatic heterocycles. The fourth-order valence-electron chi connectivity index (χ4n) is 3.41. The lowest BCUT2D eigenvalue weighted by atomic mass is 10.3. The lowest BCUT2D eigenvalue weighted by molar-refractivity contribution is 0.195. The van der Waals surface area contributed by atoms with Crippen molar-refractivity contribution < 1.29 is 4.79 Å². The Bertz CT molecular complexity index is 805. The molecule has 3 fully saturated rings. The van der Waals surface area contributed by atoms with Crippen LogP contribution < -0.4 is 15.5 Å².